The molecule has 3 N–H and O–H groups in total. The number of hydrogen-bond donors (Lipinski definition) is 3. The molecule has 7 nitrogen and oxygen atoms in total. The van der Waals surface area contributed by atoms with Gasteiger partial charge in [-0.05, 0) is 19.3 Å². The van der Waals surface area contributed by atoms with E-state index in [4.69, 9.17) is 4.74 Å². The number of aliphatic hydroxyl groups excluding tert-OH is 1. The highest BCUT2D eigenvalue weighted by Crippen LogP contribution is 2.48. The number of carbonyl (C=O) groups excluding carboxylic acids is 1. The maximum Gasteiger partial charge on any atom is 0.271 e. The molecule has 0 bridgehead atoms. The molecule has 0 unspecified atom stereocenters. The number of ether oxygens (including phenoxy) is 1. The van der Waals surface area contributed by atoms with Gasteiger partial charge in [0.05, 0.1) is 18.5 Å². The average Bonchev–Trinajstić information content (AvgIpc) is 2.55. The second-order valence-electron chi connectivity index (χ2n) is 5.66. The highest BCUT2D eigenvalue weighted by molar-refractivity contribution is 5.92. The molecule has 7 heteroatoms. The second kappa shape index (κ2) is 5.57. The maximum atomic E-state index is 12.2. The van der Waals surface area contributed by atoms with Crippen LogP contribution in [-0.2, 0) is 4.74 Å². The van der Waals surface area contributed by atoms with Crippen molar-refractivity contribution in [2.45, 2.75) is 31.4 Å². The topological polar surface area (TPSA) is 96.4 Å². The SMILES string of the molecule is CNc1cnc(C(=O)N[C@@H]2C[C@@H](O)C23CCOCC3)cn1. The van der Waals surface area contributed by atoms with Crippen molar-refractivity contribution in [2.24, 2.45) is 5.41 Å². The van der Waals surface area contributed by atoms with E-state index in [1.165, 1.54) is 12.4 Å². The Morgan fingerprint density at radius 1 is 1.38 bits per heavy atom. The van der Waals surface area contributed by atoms with E-state index in [1.54, 1.807) is 7.05 Å². The number of aliphatic hydroxyl groups is 1. The van der Waals surface area contributed by atoms with Gasteiger partial charge in [-0.3, -0.25) is 4.79 Å². The van der Waals surface area contributed by atoms with E-state index in [0.29, 0.717) is 25.5 Å². The first-order valence-electron chi connectivity index (χ1n) is 7.22. The fourth-order valence-corrected chi connectivity index (χ4v) is 3.21. The number of nitrogens with zero attached hydrogens (tertiary/aromatic N) is 2. The lowest BCUT2D eigenvalue weighted by atomic mass is 9.58. The number of nitrogens with one attached hydrogen (secondary N) is 2. The molecule has 21 heavy (non-hydrogen) atoms. The van der Waals surface area contributed by atoms with E-state index >= 15 is 0 Å². The van der Waals surface area contributed by atoms with Crippen molar-refractivity contribution in [3.63, 3.8) is 0 Å². The van der Waals surface area contributed by atoms with Gasteiger partial charge in [0.1, 0.15) is 11.5 Å². The van der Waals surface area contributed by atoms with Crippen molar-refractivity contribution < 1.29 is 14.6 Å². The van der Waals surface area contributed by atoms with Crippen molar-refractivity contribution in [1.82, 2.24) is 15.3 Å². The molecule has 1 spiro atoms. The summed E-state index contributed by atoms with van der Waals surface area (Å²) in [5, 5.41) is 15.9. The summed E-state index contributed by atoms with van der Waals surface area (Å²) in [5.41, 5.74) is 0.0595. The third kappa shape index (κ3) is 2.47. The van der Waals surface area contributed by atoms with Crippen molar-refractivity contribution in [1.29, 1.82) is 0 Å². The van der Waals surface area contributed by atoms with E-state index in [9.17, 15) is 9.90 Å². The van der Waals surface area contributed by atoms with Crippen molar-refractivity contribution in [3.8, 4) is 0 Å². The summed E-state index contributed by atoms with van der Waals surface area (Å²) in [7, 11) is 1.74. The number of amides is 1. The fourth-order valence-electron chi connectivity index (χ4n) is 3.21. The summed E-state index contributed by atoms with van der Waals surface area (Å²) in [6, 6.07) is -0.0188. The molecule has 3 rings (SSSR count). The van der Waals surface area contributed by atoms with Gasteiger partial charge in [-0.1, -0.05) is 0 Å². The van der Waals surface area contributed by atoms with E-state index < -0.39 is 0 Å². The van der Waals surface area contributed by atoms with Crippen LogP contribution in [-0.4, -0.2) is 53.4 Å². The van der Waals surface area contributed by atoms with E-state index in [1.807, 2.05) is 0 Å². The number of rotatable bonds is 3. The molecular formula is C14H20N4O3. The zero-order chi connectivity index (χ0) is 14.9. The fraction of sp³-hybridized carbons (Fsp3) is 0.643. The molecule has 1 saturated heterocycles. The Morgan fingerprint density at radius 3 is 2.71 bits per heavy atom. The van der Waals surface area contributed by atoms with Crippen LogP contribution in [0, 0.1) is 5.41 Å². The molecule has 1 amide bonds. The molecular weight excluding hydrogens is 272 g/mol. The Balaban J connectivity index is 1.66. The van der Waals surface area contributed by atoms with Gasteiger partial charge in [0.15, 0.2) is 0 Å². The van der Waals surface area contributed by atoms with E-state index in [-0.39, 0.29) is 29.2 Å². The standard InChI is InChI=1S/C14H20N4O3/c1-15-12-8-16-9(7-17-12)13(20)18-10-6-11(19)14(10)2-4-21-5-3-14/h7-8,10-11,19H,2-6H2,1H3,(H,15,17)(H,18,20)/t10-,11-/m1/s1. The Morgan fingerprint density at radius 2 is 2.14 bits per heavy atom. The zero-order valence-electron chi connectivity index (χ0n) is 12.0. The predicted octanol–water partition coefficient (Wildman–Crippen LogP) is 0.178. The Kier molecular flexibility index (Phi) is 3.77. The smallest absolute Gasteiger partial charge is 0.271 e. The van der Waals surface area contributed by atoms with Crippen LogP contribution in [0.1, 0.15) is 29.8 Å². The summed E-state index contributed by atoms with van der Waals surface area (Å²) >= 11 is 0. The van der Waals surface area contributed by atoms with E-state index in [0.717, 1.165) is 12.8 Å². The molecule has 1 aliphatic heterocycles. The Labute approximate surface area is 123 Å². The molecule has 2 fully saturated rings. The number of hydrogen-bond acceptors (Lipinski definition) is 6. The van der Waals surface area contributed by atoms with Crippen LogP contribution >= 0.6 is 0 Å². The monoisotopic (exact) mass is 292 g/mol. The van der Waals surface area contributed by atoms with Crippen LogP contribution in [0.25, 0.3) is 0 Å². The minimum Gasteiger partial charge on any atom is -0.392 e. The second-order valence-corrected chi connectivity index (χ2v) is 5.66. The van der Waals surface area contributed by atoms with Crippen LogP contribution in [0.2, 0.25) is 0 Å². The minimum absolute atomic E-state index is 0.0188. The first-order valence-corrected chi connectivity index (χ1v) is 7.22. The first kappa shape index (κ1) is 14.2. The van der Waals surface area contributed by atoms with Gasteiger partial charge in [-0.2, -0.15) is 0 Å². The van der Waals surface area contributed by atoms with Crippen LogP contribution in [0.15, 0.2) is 12.4 Å². The molecule has 2 heterocycles. The molecule has 114 valence electrons. The lowest BCUT2D eigenvalue weighted by molar-refractivity contribution is -0.145. The molecule has 1 saturated carbocycles. The average molecular weight is 292 g/mol. The quantitative estimate of drug-likeness (QED) is 0.735. The molecule has 2 aliphatic rings. The van der Waals surface area contributed by atoms with Gasteiger partial charge in [-0.25, -0.2) is 9.97 Å². The first-order chi connectivity index (χ1) is 10.2. The summed E-state index contributed by atoms with van der Waals surface area (Å²) in [5.74, 6) is 0.374. The zero-order valence-corrected chi connectivity index (χ0v) is 12.0. The van der Waals surface area contributed by atoms with Crippen LogP contribution < -0.4 is 10.6 Å². The van der Waals surface area contributed by atoms with Crippen LogP contribution in [0.4, 0.5) is 5.82 Å². The van der Waals surface area contributed by atoms with Crippen molar-refractivity contribution in [2.75, 3.05) is 25.6 Å². The minimum atomic E-state index is -0.357. The molecule has 2 atom stereocenters. The summed E-state index contributed by atoms with van der Waals surface area (Å²) in [4.78, 5) is 20.4. The Bertz CT molecular complexity index is 513. The van der Waals surface area contributed by atoms with Gasteiger partial charge in [-0.15, -0.1) is 0 Å². The summed E-state index contributed by atoms with van der Waals surface area (Å²) in [6.07, 6.45) is 4.77. The molecule has 1 aromatic rings. The van der Waals surface area contributed by atoms with Gasteiger partial charge in [0, 0.05) is 31.7 Å². The van der Waals surface area contributed by atoms with Gasteiger partial charge < -0.3 is 20.5 Å². The maximum absolute atomic E-state index is 12.2. The number of anilines is 1. The highest BCUT2D eigenvalue weighted by Gasteiger charge is 2.55. The third-order valence-electron chi connectivity index (χ3n) is 4.69. The van der Waals surface area contributed by atoms with Crippen molar-refractivity contribution in [3.05, 3.63) is 18.1 Å². The molecule has 1 aliphatic carbocycles. The predicted molar refractivity (Wildman–Crippen MR) is 75.9 cm³/mol. The van der Waals surface area contributed by atoms with Crippen LogP contribution in [0.3, 0.4) is 0 Å². The van der Waals surface area contributed by atoms with Gasteiger partial charge in [0.25, 0.3) is 5.91 Å². The Hall–Kier alpha value is -1.73. The number of carbonyl (C=O) groups is 1. The van der Waals surface area contributed by atoms with E-state index in [2.05, 4.69) is 20.6 Å². The highest BCUT2D eigenvalue weighted by atomic mass is 16.5. The third-order valence-corrected chi connectivity index (χ3v) is 4.69. The molecule has 1 aromatic heterocycles. The molecule has 0 radical (unpaired) electrons. The normalized spacial score (nSPS) is 27.0. The summed E-state index contributed by atoms with van der Waals surface area (Å²) < 4.78 is 5.36. The summed E-state index contributed by atoms with van der Waals surface area (Å²) in [6.45, 7) is 1.28. The van der Waals surface area contributed by atoms with Gasteiger partial charge >= 0.3 is 0 Å². The number of aromatic nitrogens is 2. The molecule has 0 aromatic carbocycles. The largest absolute Gasteiger partial charge is 0.392 e. The van der Waals surface area contributed by atoms with Gasteiger partial charge in [0.2, 0.25) is 0 Å². The van der Waals surface area contributed by atoms with Crippen LogP contribution in [0.5, 0.6) is 0 Å². The lowest BCUT2D eigenvalue weighted by Gasteiger charge is -2.55. The van der Waals surface area contributed by atoms with Crippen molar-refractivity contribution >= 4 is 11.7 Å². The lowest BCUT2D eigenvalue weighted by Crippen LogP contribution is -2.65.